The van der Waals surface area contributed by atoms with Gasteiger partial charge in [-0.15, -0.1) is 0 Å². The molecule has 1 saturated carbocycles. The summed E-state index contributed by atoms with van der Waals surface area (Å²) in [5.41, 5.74) is 0.621. The van der Waals surface area contributed by atoms with Gasteiger partial charge in [-0.1, -0.05) is 12.8 Å². The minimum Gasteiger partial charge on any atom is -0.341 e. The maximum Gasteiger partial charge on any atom is 0.153 e. The maximum absolute atomic E-state index is 13.5. The van der Waals surface area contributed by atoms with Crippen LogP contribution in [0.15, 0.2) is 12.1 Å². The Morgan fingerprint density at radius 2 is 2.06 bits per heavy atom. The molecule has 96 valence electrons. The molecule has 0 amide bonds. The Bertz CT molecular complexity index is 559. The van der Waals surface area contributed by atoms with Gasteiger partial charge in [-0.25, -0.2) is 13.8 Å². The fourth-order valence-corrected chi connectivity index (χ4v) is 2.55. The number of aromatic amines is 1. The van der Waals surface area contributed by atoms with E-state index in [4.69, 9.17) is 0 Å². The molecule has 1 aromatic heterocycles. The van der Waals surface area contributed by atoms with Crippen LogP contribution in [0.25, 0.3) is 11.0 Å². The molecule has 0 spiro atoms. The minimum atomic E-state index is -0.617. The highest BCUT2D eigenvalue weighted by molar-refractivity contribution is 5.75. The molecule has 1 aliphatic rings. The van der Waals surface area contributed by atoms with E-state index in [1.54, 1.807) is 0 Å². The standard InChI is InChI=1S/C13H15F2N3/c14-8-5-10(15)13-11(6-8)17-12(18-13)7-16-9-3-1-2-4-9/h5-6,9,16H,1-4,7H2,(H,17,18). The predicted molar refractivity (Wildman–Crippen MR) is 65.1 cm³/mol. The topological polar surface area (TPSA) is 40.7 Å². The highest BCUT2D eigenvalue weighted by atomic mass is 19.1. The van der Waals surface area contributed by atoms with E-state index in [0.717, 1.165) is 6.07 Å². The number of hydrogen-bond donors (Lipinski definition) is 2. The first-order valence-electron chi connectivity index (χ1n) is 6.29. The number of nitrogens with one attached hydrogen (secondary N) is 2. The Kier molecular flexibility index (Phi) is 2.99. The third kappa shape index (κ3) is 2.22. The van der Waals surface area contributed by atoms with E-state index >= 15 is 0 Å². The minimum absolute atomic E-state index is 0.208. The monoisotopic (exact) mass is 251 g/mol. The third-order valence-corrected chi connectivity index (χ3v) is 3.47. The lowest BCUT2D eigenvalue weighted by atomic mass is 10.2. The van der Waals surface area contributed by atoms with Crippen molar-refractivity contribution in [2.24, 2.45) is 0 Å². The first-order valence-corrected chi connectivity index (χ1v) is 6.29. The van der Waals surface area contributed by atoms with E-state index < -0.39 is 11.6 Å². The van der Waals surface area contributed by atoms with Crippen LogP contribution in [0.1, 0.15) is 31.5 Å². The Morgan fingerprint density at radius 3 is 2.83 bits per heavy atom. The number of fused-ring (bicyclic) bond motifs is 1. The van der Waals surface area contributed by atoms with Gasteiger partial charge >= 0.3 is 0 Å². The first kappa shape index (κ1) is 11.6. The smallest absolute Gasteiger partial charge is 0.153 e. The average Bonchev–Trinajstić information content (AvgIpc) is 2.93. The number of halogens is 2. The van der Waals surface area contributed by atoms with Gasteiger partial charge in [0, 0.05) is 12.1 Å². The molecule has 0 radical (unpaired) electrons. The largest absolute Gasteiger partial charge is 0.341 e. The molecular weight excluding hydrogens is 236 g/mol. The summed E-state index contributed by atoms with van der Waals surface area (Å²) in [4.78, 5) is 7.10. The Balaban J connectivity index is 1.78. The molecule has 0 aliphatic heterocycles. The number of H-pyrrole nitrogens is 1. The van der Waals surface area contributed by atoms with Gasteiger partial charge in [-0.2, -0.15) is 0 Å². The van der Waals surface area contributed by atoms with Crippen molar-refractivity contribution >= 4 is 11.0 Å². The summed E-state index contributed by atoms with van der Waals surface area (Å²) < 4.78 is 26.5. The summed E-state index contributed by atoms with van der Waals surface area (Å²) in [6.45, 7) is 0.570. The summed E-state index contributed by atoms with van der Waals surface area (Å²) in [5.74, 6) is -0.547. The first-order chi connectivity index (χ1) is 8.72. The number of imidazole rings is 1. The molecular formula is C13H15F2N3. The van der Waals surface area contributed by atoms with Crippen LogP contribution in [0.3, 0.4) is 0 Å². The van der Waals surface area contributed by atoms with E-state index in [0.29, 0.717) is 23.9 Å². The zero-order valence-electron chi connectivity index (χ0n) is 9.97. The van der Waals surface area contributed by atoms with Gasteiger partial charge in [0.2, 0.25) is 0 Å². The lowest BCUT2D eigenvalue weighted by Gasteiger charge is -2.09. The number of nitrogens with zero attached hydrogens (tertiary/aromatic N) is 1. The van der Waals surface area contributed by atoms with Crippen LogP contribution in [0.2, 0.25) is 0 Å². The van der Waals surface area contributed by atoms with Crippen molar-refractivity contribution in [3.05, 3.63) is 29.6 Å². The molecule has 5 heteroatoms. The van der Waals surface area contributed by atoms with Gasteiger partial charge in [0.25, 0.3) is 0 Å². The second-order valence-electron chi connectivity index (χ2n) is 4.83. The van der Waals surface area contributed by atoms with Crippen LogP contribution in [-0.2, 0) is 6.54 Å². The van der Waals surface area contributed by atoms with Crippen LogP contribution in [0.5, 0.6) is 0 Å². The summed E-state index contributed by atoms with van der Waals surface area (Å²) in [6.07, 6.45) is 4.89. The van der Waals surface area contributed by atoms with Crippen molar-refractivity contribution in [3.63, 3.8) is 0 Å². The van der Waals surface area contributed by atoms with Crippen LogP contribution >= 0.6 is 0 Å². The number of rotatable bonds is 3. The second-order valence-corrected chi connectivity index (χ2v) is 4.83. The molecule has 3 rings (SSSR count). The molecule has 2 N–H and O–H groups in total. The number of benzene rings is 1. The number of hydrogen-bond acceptors (Lipinski definition) is 2. The molecule has 1 fully saturated rings. The van der Waals surface area contributed by atoms with Gasteiger partial charge in [-0.3, -0.25) is 0 Å². The van der Waals surface area contributed by atoms with E-state index in [1.165, 1.54) is 31.7 Å². The lowest BCUT2D eigenvalue weighted by molar-refractivity contribution is 0.515. The molecule has 1 aliphatic carbocycles. The van der Waals surface area contributed by atoms with Crippen molar-refractivity contribution in [1.82, 2.24) is 15.3 Å². The van der Waals surface area contributed by atoms with E-state index in [1.807, 2.05) is 0 Å². The van der Waals surface area contributed by atoms with Crippen molar-refractivity contribution in [3.8, 4) is 0 Å². The van der Waals surface area contributed by atoms with Gasteiger partial charge in [0.05, 0.1) is 12.1 Å². The molecule has 2 aromatic rings. The van der Waals surface area contributed by atoms with Crippen LogP contribution < -0.4 is 5.32 Å². The Morgan fingerprint density at radius 1 is 1.28 bits per heavy atom. The fraction of sp³-hybridized carbons (Fsp3) is 0.462. The highest BCUT2D eigenvalue weighted by Crippen LogP contribution is 2.19. The lowest BCUT2D eigenvalue weighted by Crippen LogP contribution is -2.25. The van der Waals surface area contributed by atoms with Gasteiger partial charge in [-0.05, 0) is 18.9 Å². The van der Waals surface area contributed by atoms with E-state index in [2.05, 4.69) is 15.3 Å². The van der Waals surface area contributed by atoms with E-state index in [-0.39, 0.29) is 5.52 Å². The van der Waals surface area contributed by atoms with Crippen molar-refractivity contribution in [2.75, 3.05) is 0 Å². The van der Waals surface area contributed by atoms with Gasteiger partial charge < -0.3 is 10.3 Å². The molecule has 1 heterocycles. The molecule has 0 atom stereocenters. The van der Waals surface area contributed by atoms with Crippen LogP contribution in [0, 0.1) is 11.6 Å². The normalized spacial score (nSPS) is 16.8. The van der Waals surface area contributed by atoms with Crippen LogP contribution in [-0.4, -0.2) is 16.0 Å². The predicted octanol–water partition coefficient (Wildman–Crippen LogP) is 2.87. The van der Waals surface area contributed by atoms with Crippen molar-refractivity contribution in [2.45, 2.75) is 38.3 Å². The third-order valence-electron chi connectivity index (χ3n) is 3.47. The van der Waals surface area contributed by atoms with Gasteiger partial charge in [0.1, 0.15) is 17.2 Å². The molecule has 1 aromatic carbocycles. The quantitative estimate of drug-likeness (QED) is 0.880. The summed E-state index contributed by atoms with van der Waals surface area (Å²) in [7, 11) is 0. The Labute approximate surface area is 104 Å². The van der Waals surface area contributed by atoms with E-state index in [9.17, 15) is 8.78 Å². The second kappa shape index (κ2) is 4.65. The summed E-state index contributed by atoms with van der Waals surface area (Å²) in [6, 6.07) is 2.65. The number of aromatic nitrogens is 2. The molecule has 3 nitrogen and oxygen atoms in total. The molecule has 18 heavy (non-hydrogen) atoms. The zero-order valence-corrected chi connectivity index (χ0v) is 9.97. The zero-order chi connectivity index (χ0) is 12.5. The molecule has 0 bridgehead atoms. The SMILES string of the molecule is Fc1cc(F)c2nc(CNC3CCCC3)[nH]c2c1. The summed E-state index contributed by atoms with van der Waals surface area (Å²) in [5, 5.41) is 3.38. The van der Waals surface area contributed by atoms with Crippen molar-refractivity contribution < 1.29 is 8.78 Å². The molecule has 0 saturated heterocycles. The molecule has 0 unspecified atom stereocenters. The van der Waals surface area contributed by atoms with Crippen LogP contribution in [0.4, 0.5) is 8.78 Å². The van der Waals surface area contributed by atoms with Gasteiger partial charge in [0.15, 0.2) is 5.82 Å². The fourth-order valence-electron chi connectivity index (χ4n) is 2.55. The summed E-state index contributed by atoms with van der Waals surface area (Å²) >= 11 is 0. The average molecular weight is 251 g/mol. The van der Waals surface area contributed by atoms with Crippen molar-refractivity contribution in [1.29, 1.82) is 0 Å². The maximum atomic E-state index is 13.5. The Hall–Kier alpha value is -1.49. The highest BCUT2D eigenvalue weighted by Gasteiger charge is 2.15.